The van der Waals surface area contributed by atoms with E-state index in [1.807, 2.05) is 29.8 Å². The Balaban J connectivity index is 1.46. The van der Waals surface area contributed by atoms with Crippen LogP contribution < -0.4 is 10.1 Å². The number of alkyl halides is 3. The van der Waals surface area contributed by atoms with Crippen molar-refractivity contribution >= 4 is 11.7 Å². The Kier molecular flexibility index (Phi) is 7.15. The lowest BCUT2D eigenvalue weighted by molar-refractivity contribution is -0.139. The number of benzene rings is 1. The smallest absolute Gasteiger partial charge is 0.419 e. The molecule has 1 N–H and O–H groups in total. The molecule has 1 amide bonds. The lowest BCUT2D eigenvalue weighted by atomic mass is 9.98. The molecular weight excluding hydrogens is 457 g/mol. The number of amides is 1. The van der Waals surface area contributed by atoms with Gasteiger partial charge < -0.3 is 19.5 Å². The maximum Gasteiger partial charge on any atom is 0.419 e. The monoisotopic (exact) mass is 490 g/mol. The van der Waals surface area contributed by atoms with E-state index in [1.54, 1.807) is 6.07 Å². The van der Waals surface area contributed by atoms with Crippen LogP contribution in [0.15, 0.2) is 47.6 Å². The van der Waals surface area contributed by atoms with Crippen molar-refractivity contribution < 1.29 is 22.7 Å². The number of carbonyl (C=O) groups is 1. The van der Waals surface area contributed by atoms with Crippen molar-refractivity contribution in [3.8, 4) is 5.75 Å². The Bertz CT molecular complexity index is 1070. The summed E-state index contributed by atoms with van der Waals surface area (Å²) in [7, 11) is 0. The number of ether oxygens (including phenoxy) is 1. The van der Waals surface area contributed by atoms with Gasteiger partial charge in [0, 0.05) is 38.7 Å². The van der Waals surface area contributed by atoms with Crippen LogP contribution in [0.2, 0.25) is 0 Å². The highest BCUT2D eigenvalue weighted by atomic mass is 19.4. The number of hydrogen-bond donors (Lipinski definition) is 1. The van der Waals surface area contributed by atoms with E-state index in [4.69, 9.17) is 9.73 Å². The van der Waals surface area contributed by atoms with Crippen LogP contribution in [-0.2, 0) is 17.5 Å². The predicted molar refractivity (Wildman–Crippen MR) is 129 cm³/mol. The second kappa shape index (κ2) is 9.95. The summed E-state index contributed by atoms with van der Waals surface area (Å²) < 4.78 is 47.8. The third-order valence-electron chi connectivity index (χ3n) is 6.61. The van der Waals surface area contributed by atoms with Gasteiger partial charge >= 0.3 is 6.18 Å². The van der Waals surface area contributed by atoms with Gasteiger partial charge in [0.1, 0.15) is 17.7 Å². The summed E-state index contributed by atoms with van der Waals surface area (Å²) >= 11 is 0. The van der Waals surface area contributed by atoms with E-state index in [-0.39, 0.29) is 17.8 Å². The largest absolute Gasteiger partial charge is 0.490 e. The second-order valence-electron chi connectivity index (χ2n) is 9.97. The first-order valence-corrected chi connectivity index (χ1v) is 12.2. The summed E-state index contributed by atoms with van der Waals surface area (Å²) in [5, 5.41) is 3.03. The van der Waals surface area contributed by atoms with E-state index in [9.17, 15) is 18.0 Å². The van der Waals surface area contributed by atoms with Gasteiger partial charge in [0.2, 0.25) is 5.91 Å². The number of fused-ring (bicyclic) bond motifs is 1. The highest BCUT2D eigenvalue weighted by molar-refractivity contribution is 6.01. The van der Waals surface area contributed by atoms with Gasteiger partial charge in [-0.25, -0.2) is 4.99 Å². The molecule has 0 radical (unpaired) electrons. The van der Waals surface area contributed by atoms with Crippen molar-refractivity contribution in [1.82, 2.24) is 14.8 Å². The van der Waals surface area contributed by atoms with E-state index < -0.39 is 17.3 Å². The van der Waals surface area contributed by atoms with Crippen molar-refractivity contribution in [2.24, 2.45) is 10.9 Å². The molecule has 35 heavy (non-hydrogen) atoms. The van der Waals surface area contributed by atoms with E-state index in [1.165, 1.54) is 12.1 Å². The Morgan fingerprint density at radius 2 is 1.91 bits per heavy atom. The van der Waals surface area contributed by atoms with Crippen molar-refractivity contribution in [2.75, 3.05) is 19.6 Å². The lowest BCUT2D eigenvalue weighted by Crippen LogP contribution is -2.52. The molecule has 190 valence electrons. The molecule has 1 aromatic heterocycles. The molecule has 0 spiro atoms. The molecule has 2 aromatic rings. The van der Waals surface area contributed by atoms with E-state index in [0.29, 0.717) is 44.9 Å². The van der Waals surface area contributed by atoms with Gasteiger partial charge in [-0.1, -0.05) is 26.0 Å². The number of hydrogen-bond acceptors (Lipinski definition) is 4. The Morgan fingerprint density at radius 3 is 2.60 bits per heavy atom. The molecule has 0 bridgehead atoms. The van der Waals surface area contributed by atoms with Gasteiger partial charge in [-0.3, -0.25) is 4.79 Å². The standard InChI is InChI=1S/C26H33F3N4O2/c1-18(2)10-13-30-24(34)25(3)17-33-14-6-8-21(33)23(31-25)32-15-11-19(12-16-32)35-22-9-5-4-7-20(22)26(27,28)29/h4-9,14,18-19H,10-13,15-17H2,1-3H3,(H,30,34). The highest BCUT2D eigenvalue weighted by Crippen LogP contribution is 2.37. The topological polar surface area (TPSA) is 58.9 Å². The normalized spacial score (nSPS) is 21.0. The summed E-state index contributed by atoms with van der Waals surface area (Å²) in [5.41, 5.74) is -0.743. The number of nitrogens with one attached hydrogen (secondary N) is 1. The number of rotatable bonds is 6. The van der Waals surface area contributed by atoms with Crippen LogP contribution in [0.3, 0.4) is 0 Å². The van der Waals surface area contributed by atoms with Gasteiger partial charge in [0.05, 0.1) is 17.8 Å². The number of likely N-dealkylation sites (tertiary alicyclic amines) is 1. The van der Waals surface area contributed by atoms with Gasteiger partial charge in [-0.2, -0.15) is 13.2 Å². The predicted octanol–water partition coefficient (Wildman–Crippen LogP) is 4.73. The van der Waals surface area contributed by atoms with Crippen LogP contribution in [0.25, 0.3) is 0 Å². The minimum Gasteiger partial charge on any atom is -0.490 e. The van der Waals surface area contributed by atoms with Gasteiger partial charge in [-0.05, 0) is 43.5 Å². The Labute approximate surface area is 204 Å². The highest BCUT2D eigenvalue weighted by Gasteiger charge is 2.40. The van der Waals surface area contributed by atoms with Crippen LogP contribution in [0.5, 0.6) is 5.75 Å². The van der Waals surface area contributed by atoms with Gasteiger partial charge in [0.15, 0.2) is 5.54 Å². The summed E-state index contributed by atoms with van der Waals surface area (Å²) in [5.74, 6) is 1.01. The minimum absolute atomic E-state index is 0.100. The fourth-order valence-electron chi connectivity index (χ4n) is 4.60. The lowest BCUT2D eigenvalue weighted by Gasteiger charge is -2.39. The molecule has 1 saturated heterocycles. The number of para-hydroxylation sites is 1. The molecule has 1 aromatic carbocycles. The molecule has 2 aliphatic heterocycles. The number of amidine groups is 1. The number of carbonyl (C=O) groups excluding carboxylic acids is 1. The second-order valence-corrected chi connectivity index (χ2v) is 9.97. The molecule has 6 nitrogen and oxygen atoms in total. The summed E-state index contributed by atoms with van der Waals surface area (Å²) in [6, 6.07) is 9.26. The number of nitrogens with zero attached hydrogens (tertiary/aromatic N) is 3. The quantitative estimate of drug-likeness (QED) is 0.637. The maximum atomic E-state index is 13.3. The van der Waals surface area contributed by atoms with Gasteiger partial charge in [0.25, 0.3) is 0 Å². The first-order chi connectivity index (χ1) is 16.6. The van der Waals surface area contributed by atoms with Crippen LogP contribution in [-0.4, -0.2) is 52.5 Å². The van der Waals surface area contributed by atoms with Crippen LogP contribution in [0.4, 0.5) is 13.2 Å². The fraction of sp³-hybridized carbons (Fsp3) is 0.538. The van der Waals surface area contributed by atoms with Crippen LogP contribution in [0, 0.1) is 5.92 Å². The average Bonchev–Trinajstić information content (AvgIpc) is 3.26. The first-order valence-electron chi connectivity index (χ1n) is 12.2. The first kappa shape index (κ1) is 25.1. The maximum absolute atomic E-state index is 13.3. The van der Waals surface area contributed by atoms with E-state index in [2.05, 4.69) is 24.1 Å². The fourth-order valence-corrected chi connectivity index (χ4v) is 4.60. The molecule has 0 aliphatic carbocycles. The van der Waals surface area contributed by atoms with E-state index >= 15 is 0 Å². The zero-order valence-electron chi connectivity index (χ0n) is 20.4. The zero-order chi connectivity index (χ0) is 25.2. The molecule has 1 atom stereocenters. The molecule has 4 rings (SSSR count). The SMILES string of the molecule is CC(C)CCNC(=O)C1(C)Cn2cccc2C(N2CCC(Oc3ccccc3C(F)(F)F)CC2)=N1. The molecule has 3 heterocycles. The number of piperidine rings is 1. The molecule has 1 fully saturated rings. The third-order valence-corrected chi connectivity index (χ3v) is 6.61. The molecule has 1 unspecified atom stereocenters. The van der Waals surface area contributed by atoms with Crippen LogP contribution >= 0.6 is 0 Å². The molecular formula is C26H33F3N4O2. The van der Waals surface area contributed by atoms with Crippen molar-refractivity contribution in [3.05, 3.63) is 53.9 Å². The number of aromatic nitrogens is 1. The molecule has 0 saturated carbocycles. The number of halogens is 3. The average molecular weight is 491 g/mol. The Hall–Kier alpha value is -2.97. The van der Waals surface area contributed by atoms with Crippen molar-refractivity contribution in [1.29, 1.82) is 0 Å². The van der Waals surface area contributed by atoms with Crippen molar-refractivity contribution in [3.63, 3.8) is 0 Å². The summed E-state index contributed by atoms with van der Waals surface area (Å²) in [6.07, 6.45) is -0.811. The number of aliphatic imine (C=N–C) groups is 1. The third kappa shape index (κ3) is 5.65. The van der Waals surface area contributed by atoms with E-state index in [0.717, 1.165) is 24.0 Å². The minimum atomic E-state index is -4.46. The molecule has 9 heteroatoms. The Morgan fingerprint density at radius 1 is 1.20 bits per heavy atom. The molecule has 2 aliphatic rings. The summed E-state index contributed by atoms with van der Waals surface area (Å²) in [6.45, 7) is 8.31. The van der Waals surface area contributed by atoms with Crippen molar-refractivity contribution in [2.45, 2.75) is 64.4 Å². The summed E-state index contributed by atoms with van der Waals surface area (Å²) in [4.78, 5) is 20.1. The van der Waals surface area contributed by atoms with Crippen LogP contribution in [0.1, 0.15) is 51.3 Å². The zero-order valence-corrected chi connectivity index (χ0v) is 20.4. The van der Waals surface area contributed by atoms with Gasteiger partial charge in [-0.15, -0.1) is 0 Å².